The average molecular weight is 297 g/mol. The number of nitrogens with zero attached hydrogens (tertiary/aromatic N) is 1. The smallest absolute Gasteiger partial charge is 0.188 e. The summed E-state index contributed by atoms with van der Waals surface area (Å²) in [6.07, 6.45) is 7.95. The van der Waals surface area contributed by atoms with Gasteiger partial charge >= 0.3 is 0 Å². The van der Waals surface area contributed by atoms with E-state index >= 15 is 0 Å². The third-order valence-electron chi connectivity index (χ3n) is 6.41. The van der Waals surface area contributed by atoms with E-state index in [1.165, 1.54) is 18.5 Å². The van der Waals surface area contributed by atoms with E-state index in [2.05, 4.69) is 48.4 Å². The van der Waals surface area contributed by atoms with Gasteiger partial charge in [0, 0.05) is 23.8 Å². The van der Waals surface area contributed by atoms with Gasteiger partial charge in [0.15, 0.2) is 5.79 Å². The number of rotatable bonds is 0. The van der Waals surface area contributed by atoms with Crippen LogP contribution in [0.5, 0.6) is 0 Å². The Kier molecular flexibility index (Phi) is 2.68. The molecule has 0 unspecified atom stereocenters. The second kappa shape index (κ2) is 4.44. The molecule has 2 bridgehead atoms. The molecule has 1 spiro atoms. The van der Waals surface area contributed by atoms with Crippen molar-refractivity contribution in [2.24, 2.45) is 5.92 Å². The predicted molar refractivity (Wildman–Crippen MR) is 84.7 cm³/mol. The van der Waals surface area contributed by atoms with Gasteiger partial charge in [-0.25, -0.2) is 0 Å². The minimum absolute atomic E-state index is 0.186. The Morgan fingerprint density at radius 1 is 1.18 bits per heavy atom. The van der Waals surface area contributed by atoms with Crippen molar-refractivity contribution in [3.8, 4) is 0 Å². The Morgan fingerprint density at radius 3 is 2.86 bits per heavy atom. The van der Waals surface area contributed by atoms with Crippen LogP contribution < -0.4 is 0 Å². The molecule has 1 aromatic carbocycles. The van der Waals surface area contributed by atoms with Gasteiger partial charge in [-0.1, -0.05) is 30.3 Å². The first kappa shape index (κ1) is 13.3. The van der Waals surface area contributed by atoms with Gasteiger partial charge < -0.3 is 14.4 Å². The largest absolute Gasteiger partial charge is 0.344 e. The molecule has 4 aliphatic rings. The van der Waals surface area contributed by atoms with Crippen molar-refractivity contribution >= 4 is 0 Å². The van der Waals surface area contributed by atoms with Crippen molar-refractivity contribution < 1.29 is 9.47 Å². The second-order valence-electron chi connectivity index (χ2n) is 7.39. The highest BCUT2D eigenvalue weighted by Crippen LogP contribution is 2.56. The molecule has 2 fully saturated rings. The molecule has 0 radical (unpaired) electrons. The Bertz CT molecular complexity index is 634. The number of likely N-dealkylation sites (N-methyl/N-ethyl adjacent to an activating group) is 1. The lowest BCUT2D eigenvalue weighted by molar-refractivity contribution is -0.153. The molecule has 116 valence electrons. The highest BCUT2D eigenvalue weighted by Gasteiger charge is 2.57. The van der Waals surface area contributed by atoms with Gasteiger partial charge in [0.1, 0.15) is 0 Å². The number of ether oxygens (including phenoxy) is 2. The summed E-state index contributed by atoms with van der Waals surface area (Å²) in [6, 6.07) is 9.67. The molecular weight excluding hydrogens is 274 g/mol. The van der Waals surface area contributed by atoms with Gasteiger partial charge in [-0.05, 0) is 43.6 Å². The number of fused-ring (bicyclic) bond motifs is 1. The molecule has 5 rings (SSSR count). The Morgan fingerprint density at radius 2 is 2.00 bits per heavy atom. The first-order chi connectivity index (χ1) is 10.7. The van der Waals surface area contributed by atoms with Gasteiger partial charge in [-0.3, -0.25) is 0 Å². The van der Waals surface area contributed by atoms with Crippen molar-refractivity contribution in [3.63, 3.8) is 0 Å². The maximum atomic E-state index is 6.04. The van der Waals surface area contributed by atoms with Crippen LogP contribution >= 0.6 is 0 Å². The number of benzene rings is 1. The van der Waals surface area contributed by atoms with Crippen LogP contribution in [0.25, 0.3) is 0 Å². The van der Waals surface area contributed by atoms with Crippen molar-refractivity contribution in [2.75, 3.05) is 26.8 Å². The van der Waals surface area contributed by atoms with Crippen LogP contribution in [0.3, 0.4) is 0 Å². The molecule has 0 N–H and O–H groups in total. The monoisotopic (exact) mass is 297 g/mol. The number of piperidine rings is 1. The Labute approximate surface area is 131 Å². The first-order valence-electron chi connectivity index (χ1n) is 8.48. The lowest BCUT2D eigenvalue weighted by Crippen LogP contribution is -2.61. The third kappa shape index (κ3) is 1.62. The van der Waals surface area contributed by atoms with Gasteiger partial charge in [-0.15, -0.1) is 0 Å². The molecule has 3 heteroatoms. The van der Waals surface area contributed by atoms with E-state index in [1.807, 2.05) is 0 Å². The fraction of sp³-hybridized carbons (Fsp3) is 0.579. The highest BCUT2D eigenvalue weighted by molar-refractivity contribution is 5.44. The summed E-state index contributed by atoms with van der Waals surface area (Å²) in [5, 5.41) is 0. The van der Waals surface area contributed by atoms with Crippen molar-refractivity contribution in [2.45, 2.75) is 36.5 Å². The SMILES string of the molecule is CN1CC[C@]23CC4(C=C[C@H]2[C@H]1Cc1ccccc13)OCCO4. The number of hydrogen-bond donors (Lipinski definition) is 0. The predicted octanol–water partition coefficient (Wildman–Crippen LogP) is 2.50. The molecule has 2 heterocycles. The average Bonchev–Trinajstić information content (AvgIpc) is 2.98. The minimum Gasteiger partial charge on any atom is -0.344 e. The molecule has 0 amide bonds. The summed E-state index contributed by atoms with van der Waals surface area (Å²) < 4.78 is 12.1. The van der Waals surface area contributed by atoms with Crippen molar-refractivity contribution in [1.82, 2.24) is 4.90 Å². The van der Waals surface area contributed by atoms with E-state index in [9.17, 15) is 0 Å². The van der Waals surface area contributed by atoms with E-state index in [0.29, 0.717) is 12.0 Å². The van der Waals surface area contributed by atoms with Crippen LogP contribution in [-0.2, 0) is 21.3 Å². The van der Waals surface area contributed by atoms with Crippen LogP contribution in [0.1, 0.15) is 24.0 Å². The first-order valence-corrected chi connectivity index (χ1v) is 8.48. The van der Waals surface area contributed by atoms with E-state index in [1.54, 1.807) is 5.56 Å². The fourth-order valence-corrected chi connectivity index (χ4v) is 5.39. The Hall–Kier alpha value is -1.16. The van der Waals surface area contributed by atoms with Gasteiger partial charge in [0.2, 0.25) is 0 Å². The molecule has 1 aromatic rings. The third-order valence-corrected chi connectivity index (χ3v) is 6.41. The molecule has 3 nitrogen and oxygen atoms in total. The molecular formula is C19H23NO2. The minimum atomic E-state index is -0.471. The number of hydrogen-bond acceptors (Lipinski definition) is 3. The molecule has 2 saturated heterocycles. The molecule has 2 aliphatic heterocycles. The van der Waals surface area contributed by atoms with Crippen molar-refractivity contribution in [1.29, 1.82) is 0 Å². The maximum absolute atomic E-state index is 6.04. The lowest BCUT2D eigenvalue weighted by atomic mass is 9.53. The van der Waals surface area contributed by atoms with E-state index in [-0.39, 0.29) is 5.41 Å². The summed E-state index contributed by atoms with van der Waals surface area (Å²) in [5.74, 6) is 0.112. The Balaban J connectivity index is 1.70. The van der Waals surface area contributed by atoms with Crippen molar-refractivity contribution in [3.05, 3.63) is 47.5 Å². The molecule has 2 aliphatic carbocycles. The zero-order chi connectivity index (χ0) is 14.8. The van der Waals surface area contributed by atoms with Gasteiger partial charge in [0.25, 0.3) is 0 Å². The molecule has 3 atom stereocenters. The standard InChI is InChI=1S/C19H23NO2/c1-20-9-8-18-13-19(21-10-11-22-19)7-6-16(18)17(20)12-14-4-2-3-5-15(14)18/h2-7,16-17H,8-13H2,1H3/t16-,17+,18+/m0/s1. The normalized spacial score (nSPS) is 38.8. The second-order valence-corrected chi connectivity index (χ2v) is 7.39. The summed E-state index contributed by atoms with van der Waals surface area (Å²) >= 11 is 0. The van der Waals surface area contributed by atoms with E-state index in [0.717, 1.165) is 26.1 Å². The van der Waals surface area contributed by atoms with Gasteiger partial charge in [0.05, 0.1) is 13.2 Å². The van der Waals surface area contributed by atoms with Crippen LogP contribution in [-0.4, -0.2) is 43.5 Å². The maximum Gasteiger partial charge on any atom is 0.188 e. The fourth-order valence-electron chi connectivity index (χ4n) is 5.39. The zero-order valence-electron chi connectivity index (χ0n) is 13.1. The molecule has 22 heavy (non-hydrogen) atoms. The zero-order valence-corrected chi connectivity index (χ0v) is 13.1. The summed E-state index contributed by atoms with van der Waals surface area (Å²) in [6.45, 7) is 2.60. The number of likely N-dealkylation sites (tertiary alicyclic amines) is 1. The van der Waals surface area contributed by atoms with Gasteiger partial charge in [-0.2, -0.15) is 0 Å². The van der Waals surface area contributed by atoms with E-state index < -0.39 is 5.79 Å². The van der Waals surface area contributed by atoms with Crippen LogP contribution in [0.2, 0.25) is 0 Å². The summed E-state index contributed by atoms with van der Waals surface area (Å²) in [4.78, 5) is 2.55. The quantitative estimate of drug-likeness (QED) is 0.687. The molecule has 0 aromatic heterocycles. The van der Waals surface area contributed by atoms with Crippen LogP contribution in [0.4, 0.5) is 0 Å². The summed E-state index contributed by atoms with van der Waals surface area (Å²) in [7, 11) is 2.28. The summed E-state index contributed by atoms with van der Waals surface area (Å²) in [5.41, 5.74) is 3.26. The molecule has 0 saturated carbocycles. The topological polar surface area (TPSA) is 21.7 Å². The highest BCUT2D eigenvalue weighted by atomic mass is 16.7. The van der Waals surface area contributed by atoms with E-state index in [4.69, 9.17) is 9.47 Å². The van der Waals surface area contributed by atoms with Crippen LogP contribution in [0.15, 0.2) is 36.4 Å². The van der Waals surface area contributed by atoms with Crippen LogP contribution in [0, 0.1) is 5.92 Å². The lowest BCUT2D eigenvalue weighted by Gasteiger charge is -2.58.